The summed E-state index contributed by atoms with van der Waals surface area (Å²) >= 11 is 6.15. The maximum atomic E-state index is 13.4. The van der Waals surface area contributed by atoms with Crippen molar-refractivity contribution in [1.82, 2.24) is 14.8 Å². The Morgan fingerprint density at radius 1 is 1.26 bits per heavy atom. The van der Waals surface area contributed by atoms with E-state index in [4.69, 9.17) is 17.3 Å². The number of nitrogens with zero attached hydrogens (tertiary/aromatic N) is 2. The third-order valence-electron chi connectivity index (χ3n) is 5.93. The lowest BCUT2D eigenvalue weighted by Gasteiger charge is -2.31. The van der Waals surface area contributed by atoms with Crippen molar-refractivity contribution in [2.75, 3.05) is 6.54 Å². The van der Waals surface area contributed by atoms with Gasteiger partial charge in [0.15, 0.2) is 5.78 Å². The van der Waals surface area contributed by atoms with Gasteiger partial charge in [-0.3, -0.25) is 14.4 Å². The number of benzene rings is 1. The first kappa shape index (κ1) is 23.3. The lowest BCUT2D eigenvalue weighted by Crippen LogP contribution is -2.55. The summed E-state index contributed by atoms with van der Waals surface area (Å²) in [6.45, 7) is 8.19. The van der Waals surface area contributed by atoms with E-state index < -0.39 is 12.1 Å². The monoisotopic (exact) mass is 446 g/mol. The molecule has 7 nitrogen and oxygen atoms in total. The number of hydrogen-bond acceptors (Lipinski definition) is 4. The van der Waals surface area contributed by atoms with E-state index in [-0.39, 0.29) is 29.6 Å². The van der Waals surface area contributed by atoms with Crippen LogP contribution >= 0.6 is 11.6 Å². The average Bonchev–Trinajstić information content (AvgIpc) is 3.30. The number of likely N-dealkylation sites (tertiary alicyclic amines) is 1. The minimum absolute atomic E-state index is 0.0213. The Balaban J connectivity index is 1.86. The van der Waals surface area contributed by atoms with Crippen LogP contribution in [0.25, 0.3) is 10.9 Å². The molecule has 1 aromatic heterocycles. The number of Topliss-reactive ketones (excluding diaryl/α,β-unsaturated/α-hetero) is 1. The highest BCUT2D eigenvalue weighted by molar-refractivity contribution is 6.31. The van der Waals surface area contributed by atoms with Gasteiger partial charge in [-0.05, 0) is 50.8 Å². The summed E-state index contributed by atoms with van der Waals surface area (Å²) in [5.74, 6) is -0.501. The van der Waals surface area contributed by atoms with Crippen LogP contribution in [0.3, 0.4) is 0 Å². The van der Waals surface area contributed by atoms with E-state index >= 15 is 0 Å². The fourth-order valence-electron chi connectivity index (χ4n) is 4.22. The molecule has 1 aliphatic rings. The fraction of sp³-hybridized carbons (Fsp3) is 0.522. The highest BCUT2D eigenvalue weighted by Crippen LogP contribution is 2.28. The van der Waals surface area contributed by atoms with E-state index in [2.05, 4.69) is 5.32 Å². The van der Waals surface area contributed by atoms with Gasteiger partial charge in [-0.25, -0.2) is 0 Å². The molecule has 31 heavy (non-hydrogen) atoms. The molecule has 3 rings (SSSR count). The van der Waals surface area contributed by atoms with Gasteiger partial charge >= 0.3 is 0 Å². The Labute approximate surface area is 187 Å². The number of fused-ring (bicyclic) bond motifs is 1. The highest BCUT2D eigenvalue weighted by Gasteiger charge is 2.36. The van der Waals surface area contributed by atoms with Crippen LogP contribution in [0.15, 0.2) is 24.4 Å². The Hall–Kier alpha value is -2.38. The van der Waals surface area contributed by atoms with Crippen LogP contribution in [0.5, 0.6) is 0 Å². The molecule has 2 amide bonds. The summed E-state index contributed by atoms with van der Waals surface area (Å²) in [7, 11) is 0. The molecule has 0 aliphatic carbocycles. The smallest absolute Gasteiger partial charge is 0.245 e. The van der Waals surface area contributed by atoms with Gasteiger partial charge in [0.2, 0.25) is 11.8 Å². The Bertz CT molecular complexity index is 998. The zero-order valence-electron chi connectivity index (χ0n) is 18.5. The zero-order chi connectivity index (χ0) is 22.9. The van der Waals surface area contributed by atoms with Crippen LogP contribution in [0.1, 0.15) is 50.9 Å². The molecule has 3 N–H and O–H groups in total. The minimum Gasteiger partial charge on any atom is -0.345 e. The molecule has 1 fully saturated rings. The summed E-state index contributed by atoms with van der Waals surface area (Å²) < 4.78 is 2.03. The highest BCUT2D eigenvalue weighted by atomic mass is 35.5. The molecular formula is C23H31ClN4O3. The summed E-state index contributed by atoms with van der Waals surface area (Å²) in [4.78, 5) is 39.5. The maximum absolute atomic E-state index is 13.4. The molecule has 168 valence electrons. The predicted molar refractivity (Wildman–Crippen MR) is 122 cm³/mol. The third kappa shape index (κ3) is 4.93. The second-order valence-corrected chi connectivity index (χ2v) is 9.20. The predicted octanol–water partition coefficient (Wildman–Crippen LogP) is 2.98. The maximum Gasteiger partial charge on any atom is 0.245 e. The van der Waals surface area contributed by atoms with Gasteiger partial charge in [0.1, 0.15) is 6.04 Å². The van der Waals surface area contributed by atoms with E-state index in [1.54, 1.807) is 26.0 Å². The molecule has 1 saturated heterocycles. The first-order chi connectivity index (χ1) is 14.6. The summed E-state index contributed by atoms with van der Waals surface area (Å²) in [6.07, 6.45) is 3.61. The van der Waals surface area contributed by atoms with Gasteiger partial charge in [0.05, 0.1) is 6.04 Å². The number of rotatable bonds is 7. The normalized spacial score (nSPS) is 18.4. The Kier molecular flexibility index (Phi) is 7.06. The van der Waals surface area contributed by atoms with Gasteiger partial charge in [0.25, 0.3) is 0 Å². The standard InChI is InChI=1S/C23H31ClN4O3/c1-13(2)21(26-22(30)14(3)25)23(31)28-9-5-6-17(28)11-27-12-19(15(4)29)18-10-16(24)7-8-20(18)27/h7-8,10,12-14,17,21H,5-6,9,11,25H2,1-4H3,(H,26,30)/t14-,17-,21-/m0/s1. The number of aromatic nitrogens is 1. The molecule has 0 bridgehead atoms. The molecule has 0 unspecified atom stereocenters. The molecule has 0 saturated carbocycles. The van der Waals surface area contributed by atoms with Crippen LogP contribution in [0, 0.1) is 5.92 Å². The van der Waals surface area contributed by atoms with Gasteiger partial charge in [-0.1, -0.05) is 25.4 Å². The van der Waals surface area contributed by atoms with Crippen molar-refractivity contribution >= 4 is 40.1 Å². The number of hydrogen-bond donors (Lipinski definition) is 2. The van der Waals surface area contributed by atoms with Crippen molar-refractivity contribution in [3.8, 4) is 0 Å². The topological polar surface area (TPSA) is 97.4 Å². The molecule has 8 heteroatoms. The van der Waals surface area contributed by atoms with Crippen molar-refractivity contribution < 1.29 is 14.4 Å². The van der Waals surface area contributed by atoms with Crippen LogP contribution in [0.4, 0.5) is 0 Å². The van der Waals surface area contributed by atoms with Crippen LogP contribution in [0.2, 0.25) is 5.02 Å². The lowest BCUT2D eigenvalue weighted by atomic mass is 10.0. The minimum atomic E-state index is -0.675. The molecule has 2 aromatic rings. The van der Waals surface area contributed by atoms with Crippen molar-refractivity contribution in [2.45, 2.75) is 65.2 Å². The molecular weight excluding hydrogens is 416 g/mol. The zero-order valence-corrected chi connectivity index (χ0v) is 19.3. The molecule has 1 aromatic carbocycles. The second kappa shape index (κ2) is 9.40. The van der Waals surface area contributed by atoms with Crippen LogP contribution in [-0.2, 0) is 16.1 Å². The number of nitrogens with two attached hydrogens (primary N) is 1. The molecule has 1 aliphatic heterocycles. The quantitative estimate of drug-likeness (QED) is 0.639. The van der Waals surface area contributed by atoms with Gasteiger partial charge < -0.3 is 20.5 Å². The fourth-order valence-corrected chi connectivity index (χ4v) is 4.39. The first-order valence-corrected chi connectivity index (χ1v) is 11.1. The molecule has 0 spiro atoms. The third-order valence-corrected chi connectivity index (χ3v) is 6.17. The van der Waals surface area contributed by atoms with Crippen molar-refractivity contribution in [2.24, 2.45) is 11.7 Å². The summed E-state index contributed by atoms with van der Waals surface area (Å²) in [5, 5.41) is 4.21. The van der Waals surface area contributed by atoms with E-state index in [0.29, 0.717) is 23.7 Å². The first-order valence-electron chi connectivity index (χ1n) is 10.8. The van der Waals surface area contributed by atoms with Gasteiger partial charge in [0, 0.05) is 46.8 Å². The molecule has 3 atom stereocenters. The van der Waals surface area contributed by atoms with Crippen molar-refractivity contribution in [3.05, 3.63) is 35.0 Å². The van der Waals surface area contributed by atoms with Gasteiger partial charge in [-0.2, -0.15) is 0 Å². The summed E-state index contributed by atoms with van der Waals surface area (Å²) in [5.41, 5.74) is 7.22. The number of carbonyl (C=O) groups is 3. The SMILES string of the molecule is CC(=O)c1cn(C[C@@H]2CCCN2C(=O)[C@@H](NC(=O)[C@H](C)N)C(C)C)c2ccc(Cl)cc12. The molecule has 0 radical (unpaired) electrons. The largest absolute Gasteiger partial charge is 0.345 e. The lowest BCUT2D eigenvalue weighted by molar-refractivity contribution is -0.138. The van der Waals surface area contributed by atoms with Crippen molar-refractivity contribution in [3.63, 3.8) is 0 Å². The Morgan fingerprint density at radius 3 is 2.58 bits per heavy atom. The summed E-state index contributed by atoms with van der Waals surface area (Å²) in [6, 6.07) is 4.20. The number of ketones is 1. The van der Waals surface area contributed by atoms with E-state index in [0.717, 1.165) is 23.7 Å². The van der Waals surface area contributed by atoms with E-state index in [9.17, 15) is 14.4 Å². The number of halogens is 1. The van der Waals surface area contributed by atoms with E-state index in [1.165, 1.54) is 0 Å². The van der Waals surface area contributed by atoms with Gasteiger partial charge in [-0.15, -0.1) is 0 Å². The average molecular weight is 447 g/mol. The second-order valence-electron chi connectivity index (χ2n) is 8.76. The van der Waals surface area contributed by atoms with Crippen molar-refractivity contribution in [1.29, 1.82) is 0 Å². The number of nitrogens with one attached hydrogen (secondary N) is 1. The van der Waals surface area contributed by atoms with Crippen LogP contribution in [-0.4, -0.2) is 51.7 Å². The van der Waals surface area contributed by atoms with Crippen LogP contribution < -0.4 is 11.1 Å². The Morgan fingerprint density at radius 2 is 1.97 bits per heavy atom. The number of amides is 2. The number of carbonyl (C=O) groups excluding carboxylic acids is 3. The van der Waals surface area contributed by atoms with E-state index in [1.807, 2.05) is 35.6 Å². The molecule has 2 heterocycles.